The van der Waals surface area contributed by atoms with Crippen molar-refractivity contribution < 1.29 is 8.42 Å². The summed E-state index contributed by atoms with van der Waals surface area (Å²) in [6.07, 6.45) is 1.08. The molecule has 0 saturated carbocycles. The zero-order valence-corrected chi connectivity index (χ0v) is 14.4. The Morgan fingerprint density at radius 2 is 2.30 bits per heavy atom. The summed E-state index contributed by atoms with van der Waals surface area (Å²) >= 11 is 3.34. The molecular formula is C13H22N2O2S3. The van der Waals surface area contributed by atoms with Crippen molar-refractivity contribution in [3.05, 3.63) is 16.3 Å². The third kappa shape index (κ3) is 3.76. The second-order valence-electron chi connectivity index (χ2n) is 4.97. The molecule has 2 rings (SSSR count). The quantitative estimate of drug-likeness (QED) is 0.812. The molecule has 4 nitrogen and oxygen atoms in total. The second-order valence-corrected chi connectivity index (χ2v) is 9.00. The number of nitrogens with one attached hydrogen (secondary N) is 1. The van der Waals surface area contributed by atoms with E-state index in [0.29, 0.717) is 11.4 Å². The molecule has 0 amide bonds. The molecule has 0 spiro atoms. The van der Waals surface area contributed by atoms with Crippen molar-refractivity contribution in [1.29, 1.82) is 0 Å². The molecule has 0 radical (unpaired) electrons. The maximum Gasteiger partial charge on any atom is 0.244 e. The van der Waals surface area contributed by atoms with E-state index in [1.807, 2.05) is 24.8 Å². The minimum absolute atomic E-state index is 0.0836. The van der Waals surface area contributed by atoms with Gasteiger partial charge in [0.1, 0.15) is 0 Å². The molecular weight excluding hydrogens is 312 g/mol. The molecule has 2 heterocycles. The lowest BCUT2D eigenvalue weighted by atomic mass is 10.4. The van der Waals surface area contributed by atoms with Crippen LogP contribution in [0.1, 0.15) is 25.1 Å². The predicted octanol–water partition coefficient (Wildman–Crippen LogP) is 2.37. The van der Waals surface area contributed by atoms with Crippen molar-refractivity contribution in [3.8, 4) is 0 Å². The molecule has 0 aliphatic carbocycles. The summed E-state index contributed by atoms with van der Waals surface area (Å²) in [5, 5.41) is 5.07. The summed E-state index contributed by atoms with van der Waals surface area (Å²) in [4.78, 5) is 1.53. The lowest BCUT2D eigenvalue weighted by Crippen LogP contribution is -2.44. The van der Waals surface area contributed by atoms with Gasteiger partial charge >= 0.3 is 0 Å². The van der Waals surface area contributed by atoms with Gasteiger partial charge in [0.2, 0.25) is 10.0 Å². The third-order valence-corrected chi connectivity index (χ3v) is 7.54. The van der Waals surface area contributed by atoms with Crippen LogP contribution in [0, 0.1) is 0 Å². The van der Waals surface area contributed by atoms with E-state index >= 15 is 0 Å². The SMILES string of the molecule is CCCNCc1cc(S(=O)(=O)N2CCSCC2C)cs1. The van der Waals surface area contributed by atoms with E-state index < -0.39 is 10.0 Å². The summed E-state index contributed by atoms with van der Waals surface area (Å²) in [5.74, 6) is 1.77. The second kappa shape index (κ2) is 7.26. The number of hydrogen-bond donors (Lipinski definition) is 1. The normalized spacial score (nSPS) is 21.2. The van der Waals surface area contributed by atoms with Crippen LogP contribution in [0.3, 0.4) is 0 Å². The Hall–Kier alpha value is -0.0800. The largest absolute Gasteiger partial charge is 0.312 e. The van der Waals surface area contributed by atoms with E-state index in [2.05, 4.69) is 12.2 Å². The molecule has 114 valence electrons. The highest BCUT2D eigenvalue weighted by molar-refractivity contribution is 7.99. The maximum absolute atomic E-state index is 12.6. The van der Waals surface area contributed by atoms with Gasteiger partial charge in [0.15, 0.2) is 0 Å². The van der Waals surface area contributed by atoms with Gasteiger partial charge in [0.05, 0.1) is 4.90 Å². The van der Waals surface area contributed by atoms with Crippen LogP contribution in [0.2, 0.25) is 0 Å². The van der Waals surface area contributed by atoms with Crippen LogP contribution in [-0.2, 0) is 16.6 Å². The van der Waals surface area contributed by atoms with Gasteiger partial charge in [-0.1, -0.05) is 6.92 Å². The Morgan fingerprint density at radius 1 is 1.50 bits per heavy atom. The molecule has 20 heavy (non-hydrogen) atoms. The summed E-state index contributed by atoms with van der Waals surface area (Å²) in [6.45, 7) is 6.43. The van der Waals surface area contributed by atoms with Crippen molar-refractivity contribution in [3.63, 3.8) is 0 Å². The van der Waals surface area contributed by atoms with Crippen molar-refractivity contribution >= 4 is 33.1 Å². The van der Waals surface area contributed by atoms with Crippen molar-refractivity contribution in [2.45, 2.75) is 37.8 Å². The minimum Gasteiger partial charge on any atom is -0.312 e. The topological polar surface area (TPSA) is 49.4 Å². The Morgan fingerprint density at radius 3 is 3.00 bits per heavy atom. The fraction of sp³-hybridized carbons (Fsp3) is 0.692. The molecule has 0 aromatic carbocycles. The van der Waals surface area contributed by atoms with Crippen molar-refractivity contribution in [2.75, 3.05) is 24.6 Å². The molecule has 1 saturated heterocycles. The molecule has 1 aliphatic heterocycles. The van der Waals surface area contributed by atoms with Crippen LogP contribution in [0.25, 0.3) is 0 Å². The first-order valence-electron chi connectivity index (χ1n) is 6.93. The number of nitrogens with zero attached hydrogens (tertiary/aromatic N) is 1. The summed E-state index contributed by atoms with van der Waals surface area (Å²) in [5.41, 5.74) is 0. The van der Waals surface area contributed by atoms with Gasteiger partial charge in [-0.3, -0.25) is 0 Å². The summed E-state index contributed by atoms with van der Waals surface area (Å²) < 4.78 is 26.9. The van der Waals surface area contributed by atoms with Crippen molar-refractivity contribution in [2.24, 2.45) is 0 Å². The van der Waals surface area contributed by atoms with Gasteiger partial charge in [0, 0.05) is 40.9 Å². The summed E-state index contributed by atoms with van der Waals surface area (Å²) in [7, 11) is -3.32. The van der Waals surface area contributed by atoms with E-state index in [1.165, 1.54) is 11.3 Å². The predicted molar refractivity (Wildman–Crippen MR) is 87.0 cm³/mol. The first-order valence-corrected chi connectivity index (χ1v) is 10.4. The number of thioether (sulfide) groups is 1. The minimum atomic E-state index is -3.32. The Bertz CT molecular complexity index is 527. The van der Waals surface area contributed by atoms with Gasteiger partial charge < -0.3 is 5.32 Å². The van der Waals surface area contributed by atoms with Gasteiger partial charge in [-0.15, -0.1) is 11.3 Å². The standard InChI is InChI=1S/C13H22N2O2S3/c1-3-4-14-8-12-7-13(10-19-12)20(16,17)15-5-6-18-9-11(15)2/h7,10-11,14H,3-6,8-9H2,1-2H3. The average Bonchev–Trinajstić information content (AvgIpc) is 2.89. The van der Waals surface area contributed by atoms with E-state index in [9.17, 15) is 8.42 Å². The zero-order valence-electron chi connectivity index (χ0n) is 12.0. The molecule has 1 aromatic rings. The van der Waals surface area contributed by atoms with Crippen LogP contribution in [0.4, 0.5) is 0 Å². The smallest absolute Gasteiger partial charge is 0.244 e. The fourth-order valence-electron chi connectivity index (χ4n) is 2.18. The van der Waals surface area contributed by atoms with Gasteiger partial charge in [-0.25, -0.2) is 8.42 Å². The van der Waals surface area contributed by atoms with E-state index in [1.54, 1.807) is 9.69 Å². The molecule has 1 atom stereocenters. The molecule has 7 heteroatoms. The van der Waals surface area contributed by atoms with E-state index in [4.69, 9.17) is 0 Å². The highest BCUT2D eigenvalue weighted by Gasteiger charge is 2.31. The van der Waals surface area contributed by atoms with Crippen LogP contribution in [-0.4, -0.2) is 43.4 Å². The lowest BCUT2D eigenvalue weighted by Gasteiger charge is -2.31. The highest BCUT2D eigenvalue weighted by Crippen LogP contribution is 2.27. The fourth-order valence-corrected chi connectivity index (χ4v) is 6.27. The number of rotatable bonds is 6. The zero-order chi connectivity index (χ0) is 14.6. The van der Waals surface area contributed by atoms with Crippen molar-refractivity contribution in [1.82, 2.24) is 9.62 Å². The number of thiophene rings is 1. The van der Waals surface area contributed by atoms with E-state index in [-0.39, 0.29) is 6.04 Å². The Labute approximate surface area is 130 Å². The van der Waals surface area contributed by atoms with Gasteiger partial charge in [0.25, 0.3) is 0 Å². The van der Waals surface area contributed by atoms with Crippen LogP contribution in [0.15, 0.2) is 16.3 Å². The van der Waals surface area contributed by atoms with Gasteiger partial charge in [-0.2, -0.15) is 16.1 Å². The molecule has 1 unspecified atom stereocenters. The summed E-state index contributed by atoms with van der Waals surface area (Å²) in [6, 6.07) is 1.90. The number of sulfonamides is 1. The molecule has 1 aromatic heterocycles. The average molecular weight is 335 g/mol. The van der Waals surface area contributed by atoms with Gasteiger partial charge in [-0.05, 0) is 26.0 Å². The Balaban J connectivity index is 2.09. The maximum atomic E-state index is 12.6. The monoisotopic (exact) mass is 334 g/mol. The van der Waals surface area contributed by atoms with Crippen LogP contribution >= 0.6 is 23.1 Å². The Kier molecular flexibility index (Phi) is 5.92. The third-order valence-electron chi connectivity index (χ3n) is 3.27. The molecule has 1 aliphatic rings. The van der Waals surface area contributed by atoms with Crippen LogP contribution in [0.5, 0.6) is 0 Å². The van der Waals surface area contributed by atoms with E-state index in [0.717, 1.165) is 35.9 Å². The molecule has 1 N–H and O–H groups in total. The highest BCUT2D eigenvalue weighted by atomic mass is 32.2. The molecule has 0 bridgehead atoms. The molecule has 1 fully saturated rings. The first kappa shape index (κ1) is 16.3. The first-order chi connectivity index (χ1) is 9.55. The van der Waals surface area contributed by atoms with Crippen LogP contribution < -0.4 is 5.32 Å². The number of hydrogen-bond acceptors (Lipinski definition) is 5. The lowest BCUT2D eigenvalue weighted by molar-refractivity contribution is 0.368.